The molecule has 0 aromatic carbocycles. The summed E-state index contributed by atoms with van der Waals surface area (Å²) in [5.74, 6) is -0.251. The molecular weight excluding hydrogens is 168 g/mol. The Balaban J connectivity index is 3.29. The third-order valence-corrected chi connectivity index (χ3v) is 1.80. The van der Waals surface area contributed by atoms with Gasteiger partial charge in [0.25, 0.3) is 0 Å². The van der Waals surface area contributed by atoms with Crippen molar-refractivity contribution in [2.75, 3.05) is 6.61 Å². The zero-order valence-corrected chi connectivity index (χ0v) is 8.75. The Morgan fingerprint density at radius 1 is 1.38 bits per heavy atom. The number of ether oxygens (including phenoxy) is 1. The molecule has 0 heterocycles. The molecule has 0 bridgehead atoms. The Morgan fingerprint density at radius 3 is 2.46 bits per heavy atom. The first-order valence-corrected chi connectivity index (χ1v) is 4.85. The molecule has 3 nitrogen and oxygen atoms in total. The molecule has 0 rings (SSSR count). The van der Waals surface area contributed by atoms with Crippen LogP contribution in [0.1, 0.15) is 40.0 Å². The standard InChI is InChI=1S/C10H20O3/c1-8(2)13-7-9(3)5-4-6-10(11)12/h8-9H,4-7H2,1-3H3,(H,11,12). The zero-order chi connectivity index (χ0) is 10.3. The predicted molar refractivity (Wildman–Crippen MR) is 51.7 cm³/mol. The lowest BCUT2D eigenvalue weighted by Gasteiger charge is -2.13. The molecule has 0 spiro atoms. The largest absolute Gasteiger partial charge is 0.481 e. The number of carboxylic acids is 1. The number of carbonyl (C=O) groups is 1. The van der Waals surface area contributed by atoms with Gasteiger partial charge in [0.2, 0.25) is 0 Å². The van der Waals surface area contributed by atoms with E-state index in [9.17, 15) is 4.79 Å². The van der Waals surface area contributed by atoms with Crippen LogP contribution in [0.5, 0.6) is 0 Å². The molecule has 0 saturated carbocycles. The molecule has 0 aliphatic rings. The highest BCUT2D eigenvalue weighted by molar-refractivity contribution is 5.66. The molecule has 0 aromatic rings. The Labute approximate surface area is 80.1 Å². The smallest absolute Gasteiger partial charge is 0.303 e. The quantitative estimate of drug-likeness (QED) is 0.666. The number of aliphatic carboxylic acids is 1. The maximum Gasteiger partial charge on any atom is 0.303 e. The van der Waals surface area contributed by atoms with Crippen molar-refractivity contribution in [3.63, 3.8) is 0 Å². The first-order valence-electron chi connectivity index (χ1n) is 4.85. The zero-order valence-electron chi connectivity index (χ0n) is 8.75. The summed E-state index contributed by atoms with van der Waals surface area (Å²) in [5.41, 5.74) is 0. The minimum absolute atomic E-state index is 0.266. The topological polar surface area (TPSA) is 46.5 Å². The molecule has 0 saturated heterocycles. The monoisotopic (exact) mass is 188 g/mol. The van der Waals surface area contributed by atoms with Crippen LogP contribution in [0.4, 0.5) is 0 Å². The summed E-state index contributed by atoms with van der Waals surface area (Å²) in [7, 11) is 0. The van der Waals surface area contributed by atoms with Crippen molar-refractivity contribution < 1.29 is 14.6 Å². The molecule has 0 aromatic heterocycles. The van der Waals surface area contributed by atoms with Crippen molar-refractivity contribution in [3.05, 3.63) is 0 Å². The van der Waals surface area contributed by atoms with Gasteiger partial charge in [-0.05, 0) is 32.6 Å². The third-order valence-electron chi connectivity index (χ3n) is 1.80. The maximum atomic E-state index is 10.2. The van der Waals surface area contributed by atoms with Crippen molar-refractivity contribution in [2.24, 2.45) is 5.92 Å². The van der Waals surface area contributed by atoms with Gasteiger partial charge in [-0.3, -0.25) is 4.79 Å². The van der Waals surface area contributed by atoms with Crippen LogP contribution in [-0.2, 0) is 9.53 Å². The van der Waals surface area contributed by atoms with Crippen molar-refractivity contribution >= 4 is 5.97 Å². The fourth-order valence-corrected chi connectivity index (χ4v) is 1.04. The van der Waals surface area contributed by atoms with Crippen LogP contribution >= 0.6 is 0 Å². The first-order chi connectivity index (χ1) is 6.02. The highest BCUT2D eigenvalue weighted by Crippen LogP contribution is 2.09. The van der Waals surface area contributed by atoms with Crippen molar-refractivity contribution in [1.82, 2.24) is 0 Å². The molecular formula is C10H20O3. The van der Waals surface area contributed by atoms with Gasteiger partial charge in [0, 0.05) is 13.0 Å². The van der Waals surface area contributed by atoms with Gasteiger partial charge in [0.1, 0.15) is 0 Å². The van der Waals surface area contributed by atoms with Crippen LogP contribution in [0, 0.1) is 5.92 Å². The number of carboxylic acid groups (broad SMARTS) is 1. The molecule has 1 atom stereocenters. The maximum absolute atomic E-state index is 10.2. The van der Waals surface area contributed by atoms with Gasteiger partial charge in [-0.15, -0.1) is 0 Å². The third kappa shape index (κ3) is 9.34. The van der Waals surface area contributed by atoms with E-state index in [0.717, 1.165) is 19.4 Å². The SMILES string of the molecule is CC(CCCC(=O)O)COC(C)C. The predicted octanol–water partition coefficient (Wildman–Crippen LogP) is 2.30. The molecule has 0 aliphatic heterocycles. The molecule has 1 N–H and O–H groups in total. The minimum Gasteiger partial charge on any atom is -0.481 e. The molecule has 13 heavy (non-hydrogen) atoms. The summed E-state index contributed by atoms with van der Waals surface area (Å²) in [6, 6.07) is 0. The van der Waals surface area contributed by atoms with Crippen molar-refractivity contribution in [1.29, 1.82) is 0 Å². The molecule has 78 valence electrons. The Kier molecular flexibility index (Phi) is 6.59. The van der Waals surface area contributed by atoms with Crippen LogP contribution in [0.25, 0.3) is 0 Å². The lowest BCUT2D eigenvalue weighted by atomic mass is 10.1. The van der Waals surface area contributed by atoms with Crippen molar-refractivity contribution in [2.45, 2.75) is 46.1 Å². The molecule has 1 unspecified atom stereocenters. The number of hydrogen-bond acceptors (Lipinski definition) is 2. The molecule has 3 heteroatoms. The van der Waals surface area contributed by atoms with Crippen LogP contribution in [0.15, 0.2) is 0 Å². The van der Waals surface area contributed by atoms with E-state index in [-0.39, 0.29) is 12.5 Å². The summed E-state index contributed by atoms with van der Waals surface area (Å²) >= 11 is 0. The summed E-state index contributed by atoms with van der Waals surface area (Å²) in [6.07, 6.45) is 2.21. The second kappa shape index (κ2) is 6.89. The van der Waals surface area contributed by atoms with Crippen LogP contribution in [0.3, 0.4) is 0 Å². The van der Waals surface area contributed by atoms with E-state index in [2.05, 4.69) is 6.92 Å². The fraction of sp³-hybridized carbons (Fsp3) is 0.900. The van der Waals surface area contributed by atoms with E-state index in [1.54, 1.807) is 0 Å². The Morgan fingerprint density at radius 2 is 2.00 bits per heavy atom. The molecule has 0 radical (unpaired) electrons. The van der Waals surface area contributed by atoms with Crippen LogP contribution in [-0.4, -0.2) is 23.8 Å². The van der Waals surface area contributed by atoms with E-state index in [0.29, 0.717) is 5.92 Å². The average Bonchev–Trinajstić information content (AvgIpc) is 2.00. The number of hydrogen-bond donors (Lipinski definition) is 1. The highest BCUT2D eigenvalue weighted by Gasteiger charge is 2.05. The summed E-state index contributed by atoms with van der Waals surface area (Å²) in [6.45, 7) is 6.83. The van der Waals surface area contributed by atoms with Crippen LogP contribution in [0.2, 0.25) is 0 Å². The fourth-order valence-electron chi connectivity index (χ4n) is 1.04. The second-order valence-corrected chi connectivity index (χ2v) is 3.77. The highest BCUT2D eigenvalue weighted by atomic mass is 16.5. The van der Waals surface area contributed by atoms with Gasteiger partial charge in [0.05, 0.1) is 6.10 Å². The molecule has 0 fully saturated rings. The molecule has 0 amide bonds. The van der Waals surface area contributed by atoms with Gasteiger partial charge < -0.3 is 9.84 Å². The van der Waals surface area contributed by atoms with Crippen LogP contribution < -0.4 is 0 Å². The van der Waals surface area contributed by atoms with Gasteiger partial charge in [-0.1, -0.05) is 6.92 Å². The van der Waals surface area contributed by atoms with E-state index < -0.39 is 5.97 Å². The summed E-state index contributed by atoms with van der Waals surface area (Å²) < 4.78 is 5.41. The van der Waals surface area contributed by atoms with Gasteiger partial charge in [-0.25, -0.2) is 0 Å². The van der Waals surface area contributed by atoms with E-state index >= 15 is 0 Å². The summed E-state index contributed by atoms with van der Waals surface area (Å²) in [5, 5.41) is 8.41. The lowest BCUT2D eigenvalue weighted by Crippen LogP contribution is -2.11. The van der Waals surface area contributed by atoms with Crippen molar-refractivity contribution in [3.8, 4) is 0 Å². The Hall–Kier alpha value is -0.570. The average molecular weight is 188 g/mol. The van der Waals surface area contributed by atoms with Gasteiger partial charge in [0.15, 0.2) is 0 Å². The number of rotatable bonds is 7. The normalized spacial score (nSPS) is 13.2. The van der Waals surface area contributed by atoms with E-state index in [1.807, 2.05) is 13.8 Å². The molecule has 0 aliphatic carbocycles. The van der Waals surface area contributed by atoms with Gasteiger partial charge >= 0.3 is 5.97 Å². The van der Waals surface area contributed by atoms with E-state index in [1.165, 1.54) is 0 Å². The van der Waals surface area contributed by atoms with Gasteiger partial charge in [-0.2, -0.15) is 0 Å². The Bertz CT molecular complexity index is 143. The lowest BCUT2D eigenvalue weighted by molar-refractivity contribution is -0.137. The summed E-state index contributed by atoms with van der Waals surface area (Å²) in [4.78, 5) is 10.2. The second-order valence-electron chi connectivity index (χ2n) is 3.77. The minimum atomic E-state index is -0.711. The van der Waals surface area contributed by atoms with E-state index in [4.69, 9.17) is 9.84 Å². The first kappa shape index (κ1) is 12.4.